The molecule has 20 rings (SSSR count). The number of benzene rings is 18. The second-order valence-corrected chi connectivity index (χ2v) is 37.3. The monoisotopic (exact) mass is 1830 g/mol. The number of furan rings is 2. The van der Waals surface area contributed by atoms with Gasteiger partial charge < -0.3 is 28.0 Å². The third-order valence-corrected chi connectivity index (χ3v) is 29.9. The Balaban J connectivity index is 0.000000124. The second kappa shape index (κ2) is 47.3. The smallest absolute Gasteiger partial charge is 0.535 e. The van der Waals surface area contributed by atoms with Crippen LogP contribution in [0.2, 0.25) is 0 Å². The fraction of sp³-hybridized carbons (Fsp3) is 0.0182. The van der Waals surface area contributed by atoms with E-state index in [-0.39, 0.29) is 20.4 Å². The van der Waals surface area contributed by atoms with Gasteiger partial charge in [0.15, 0.2) is 5.58 Å². The molecule has 20 aromatic rings. The van der Waals surface area contributed by atoms with Crippen molar-refractivity contribution in [2.24, 2.45) is 0 Å². The molecule has 0 amide bonds. The molecule has 0 atom stereocenters. The van der Waals surface area contributed by atoms with Gasteiger partial charge in [-0.1, -0.05) is 459 Å². The van der Waals surface area contributed by atoms with E-state index in [0.29, 0.717) is 19.0 Å². The quantitative estimate of drug-likeness (QED) is 0.0723. The first-order valence-corrected chi connectivity index (χ1v) is 46.2. The molecule has 0 aliphatic rings. The molecule has 1 N–H and O–H groups in total. The van der Waals surface area contributed by atoms with E-state index in [0.717, 1.165) is 65.4 Å². The molecule has 0 aliphatic carbocycles. The second-order valence-electron chi connectivity index (χ2n) is 27.5. The molecular weight excluding hydrogens is 1740 g/mol. The number of methoxy groups -OCH3 is 2. The van der Waals surface area contributed by atoms with Crippen LogP contribution in [0, 0.1) is 0 Å². The predicted octanol–water partition coefficient (Wildman–Crippen LogP) is 24.0. The van der Waals surface area contributed by atoms with Crippen LogP contribution < -0.4 is 77.8 Å². The van der Waals surface area contributed by atoms with Crippen molar-refractivity contribution in [3.8, 4) is 28.4 Å². The first-order chi connectivity index (χ1) is 60.4. The number of hydrogen-bond acceptors (Lipinski definition) is 6. The summed E-state index contributed by atoms with van der Waals surface area (Å²) in [7, 11) is 2.20. The number of para-hydroxylation sites is 4. The van der Waals surface area contributed by atoms with Crippen LogP contribution in [0.3, 0.4) is 0 Å². The average Bonchev–Trinajstić information content (AvgIpc) is 1.61. The normalized spacial score (nSPS) is 10.5. The number of ether oxygens (including phenoxy) is 2. The van der Waals surface area contributed by atoms with Gasteiger partial charge in [0.2, 0.25) is 0 Å². The SMILES string of the molecule is COc1ccc(-c2cccc3c2oc2ccccc23)cc1.COc1ccc(Br)cc1.O[B]Oc1cccc2c1oc1ccccc12.[Pd].c1ccc(P(c2ccccc2)c2ccccc2)cc1.c1ccc(P(c2ccccc2)c2ccccc2)cc1.c1ccc(P(c2ccccc2)c2ccccc2)cc1.c1ccc(P(c2ccccc2)c2ccccc2)cc1. The summed E-state index contributed by atoms with van der Waals surface area (Å²) in [4.78, 5) is 0. The summed E-state index contributed by atoms with van der Waals surface area (Å²) in [5, 5.41) is 29.8. The molecule has 123 heavy (non-hydrogen) atoms. The molecule has 6 nitrogen and oxygen atoms in total. The van der Waals surface area contributed by atoms with Crippen molar-refractivity contribution in [3.63, 3.8) is 0 Å². The number of halogens is 1. The van der Waals surface area contributed by atoms with Crippen molar-refractivity contribution in [1.29, 1.82) is 0 Å². The molecule has 0 fully saturated rings. The molecule has 0 unspecified atom stereocenters. The van der Waals surface area contributed by atoms with E-state index < -0.39 is 31.7 Å². The minimum Gasteiger partial charge on any atom is -0.535 e. The third-order valence-electron chi connectivity index (χ3n) is 19.6. The summed E-state index contributed by atoms with van der Waals surface area (Å²) >= 11 is 3.32. The molecule has 2 aromatic heterocycles. The minimum absolute atomic E-state index is 0. The molecule has 18 aromatic carbocycles. The number of fused-ring (bicyclic) bond motifs is 6. The molecule has 605 valence electrons. The maximum absolute atomic E-state index is 8.67. The predicted molar refractivity (Wildman–Crippen MR) is 529 cm³/mol. The van der Waals surface area contributed by atoms with Crippen molar-refractivity contribution in [2.45, 2.75) is 0 Å². The van der Waals surface area contributed by atoms with Gasteiger partial charge in [-0.15, -0.1) is 0 Å². The summed E-state index contributed by atoms with van der Waals surface area (Å²) in [5.74, 6) is 2.25. The van der Waals surface area contributed by atoms with Gasteiger partial charge in [-0.25, -0.2) is 0 Å². The largest absolute Gasteiger partial charge is 0.569 e. The molecule has 0 bridgehead atoms. The van der Waals surface area contributed by atoms with Gasteiger partial charge in [-0.2, -0.15) is 0 Å². The Labute approximate surface area is 749 Å². The molecule has 0 aliphatic heterocycles. The van der Waals surface area contributed by atoms with Crippen molar-refractivity contribution in [1.82, 2.24) is 0 Å². The molecule has 1 radical (unpaired) electrons. The van der Waals surface area contributed by atoms with Crippen molar-refractivity contribution in [2.75, 3.05) is 14.2 Å². The molecular formula is C110H89BBrO6P4Pd. The zero-order chi connectivity index (χ0) is 83.5. The van der Waals surface area contributed by atoms with Crippen molar-refractivity contribution < 1.29 is 48.4 Å². The molecule has 2 heterocycles. The fourth-order valence-electron chi connectivity index (χ4n) is 13.9. The molecule has 0 saturated carbocycles. The van der Waals surface area contributed by atoms with E-state index >= 15 is 0 Å². The Morgan fingerprint density at radius 3 is 0.715 bits per heavy atom. The van der Waals surface area contributed by atoms with Gasteiger partial charge in [0.25, 0.3) is 0 Å². The Kier molecular flexibility index (Phi) is 34.1. The standard InChI is InChI=1S/C19H14O2.4C18H15P.C12H8BO3.C7H7BrO.Pd/c1-20-14-11-9-13(10-12-14)15-6-4-7-17-16-5-2-3-8-18(16)21-19(15)17;4*1-4-10-16(11-5-1)19(17-12-6-2-7-13-17)18-14-8-3-9-15-18;14-13-16-11-7-3-5-9-8-4-1-2-6-10(8)15-12(9)11;1-9-7-4-2-6(8)3-5-7;/h2-12H,1H3;4*1-15H;1-7,14H;2-5H,1H3;. The average molecular weight is 1830 g/mol. The van der Waals surface area contributed by atoms with Crippen LogP contribution in [0.5, 0.6) is 17.2 Å². The van der Waals surface area contributed by atoms with E-state index in [1.165, 1.54) is 63.7 Å². The Hall–Kier alpha value is -12.2. The molecule has 0 spiro atoms. The topological polar surface area (TPSA) is 74.2 Å². The van der Waals surface area contributed by atoms with Crippen LogP contribution >= 0.6 is 47.6 Å². The van der Waals surface area contributed by atoms with E-state index in [1.807, 2.05) is 91.0 Å². The van der Waals surface area contributed by atoms with E-state index in [1.54, 1.807) is 20.3 Å². The third kappa shape index (κ3) is 24.4. The van der Waals surface area contributed by atoms with Gasteiger partial charge in [0.1, 0.15) is 34.0 Å². The first-order valence-electron chi connectivity index (χ1n) is 40.1. The van der Waals surface area contributed by atoms with Crippen LogP contribution in [0.25, 0.3) is 55.0 Å². The summed E-state index contributed by atoms with van der Waals surface area (Å²) in [5.41, 5.74) is 5.55. The fourth-order valence-corrected chi connectivity index (χ4v) is 23.4. The minimum atomic E-state index is -0.446. The summed E-state index contributed by atoms with van der Waals surface area (Å²) in [6.07, 6.45) is 0. The summed E-state index contributed by atoms with van der Waals surface area (Å²) in [6, 6.07) is 173. The van der Waals surface area contributed by atoms with Gasteiger partial charge in [-0.05, 0) is 156 Å². The van der Waals surface area contributed by atoms with Gasteiger partial charge in [0.05, 0.1) is 14.2 Å². The molecule has 0 saturated heterocycles. The summed E-state index contributed by atoms with van der Waals surface area (Å²) in [6.45, 7) is 0. The van der Waals surface area contributed by atoms with Crippen LogP contribution in [-0.2, 0) is 20.4 Å². The van der Waals surface area contributed by atoms with Crippen molar-refractivity contribution >= 4 is 163 Å². The number of hydrogen-bond donors (Lipinski definition) is 1. The van der Waals surface area contributed by atoms with Crippen LogP contribution in [-0.4, -0.2) is 26.9 Å². The van der Waals surface area contributed by atoms with Gasteiger partial charge >= 0.3 is 7.69 Å². The molecule has 13 heteroatoms. The number of rotatable bonds is 17. The first kappa shape index (κ1) is 88.6. The van der Waals surface area contributed by atoms with Crippen LogP contribution in [0.15, 0.2) is 511 Å². The van der Waals surface area contributed by atoms with Gasteiger partial charge in [0, 0.05) is 52.0 Å². The summed E-state index contributed by atoms with van der Waals surface area (Å²) < 4.78 is 28.0. The Morgan fingerprint density at radius 1 is 0.236 bits per heavy atom. The van der Waals surface area contributed by atoms with Crippen LogP contribution in [0.1, 0.15) is 0 Å². The van der Waals surface area contributed by atoms with Crippen molar-refractivity contribution in [3.05, 3.63) is 502 Å². The van der Waals surface area contributed by atoms with Gasteiger partial charge in [-0.3, -0.25) is 0 Å². The van der Waals surface area contributed by atoms with E-state index in [2.05, 4.69) is 416 Å². The Bertz CT molecular complexity index is 5570. The van der Waals surface area contributed by atoms with Crippen LogP contribution in [0.4, 0.5) is 0 Å². The maximum Gasteiger partial charge on any atom is 0.569 e. The maximum atomic E-state index is 8.67. The zero-order valence-electron chi connectivity index (χ0n) is 67.9. The van der Waals surface area contributed by atoms with E-state index in [9.17, 15) is 0 Å². The Morgan fingerprint density at radius 2 is 0.455 bits per heavy atom. The van der Waals surface area contributed by atoms with E-state index in [4.69, 9.17) is 28.0 Å². The zero-order valence-corrected chi connectivity index (χ0v) is 74.6.